The number of rotatable bonds is 5. The highest BCUT2D eigenvalue weighted by molar-refractivity contribution is 7.88. The number of ether oxygens (including phenoxy) is 1. The smallest absolute Gasteiger partial charge is 0.246 e. The van der Waals surface area contributed by atoms with E-state index in [1.54, 1.807) is 18.1 Å². The van der Waals surface area contributed by atoms with Crippen molar-refractivity contribution in [3.8, 4) is 5.75 Å². The van der Waals surface area contributed by atoms with Gasteiger partial charge in [-0.15, -0.1) is 0 Å². The molecule has 0 saturated carbocycles. The van der Waals surface area contributed by atoms with Gasteiger partial charge in [0, 0.05) is 25.2 Å². The van der Waals surface area contributed by atoms with Crippen LogP contribution >= 0.6 is 0 Å². The fourth-order valence-electron chi connectivity index (χ4n) is 2.59. The van der Waals surface area contributed by atoms with Gasteiger partial charge in [0.1, 0.15) is 5.75 Å². The zero-order valence-corrected chi connectivity index (χ0v) is 14.2. The van der Waals surface area contributed by atoms with Crippen LogP contribution in [0.4, 0.5) is 0 Å². The molecule has 0 unspecified atom stereocenters. The summed E-state index contributed by atoms with van der Waals surface area (Å²) in [6, 6.07) is 7.21. The first-order valence-corrected chi connectivity index (χ1v) is 9.35. The van der Waals surface area contributed by atoms with Gasteiger partial charge in [-0.25, -0.2) is 13.1 Å². The third-order valence-corrected chi connectivity index (χ3v) is 4.39. The summed E-state index contributed by atoms with van der Waals surface area (Å²) in [6.07, 6.45) is 5.91. The quantitative estimate of drug-likeness (QED) is 0.820. The fourth-order valence-corrected chi connectivity index (χ4v) is 3.39. The van der Waals surface area contributed by atoms with E-state index in [1.807, 2.05) is 24.3 Å². The van der Waals surface area contributed by atoms with E-state index in [2.05, 4.69) is 4.72 Å². The number of hydrogen-bond donors (Lipinski definition) is 1. The van der Waals surface area contributed by atoms with Gasteiger partial charge in [0.15, 0.2) is 0 Å². The van der Waals surface area contributed by atoms with Gasteiger partial charge in [0.05, 0.1) is 13.4 Å². The molecule has 2 rings (SSSR count). The Morgan fingerprint density at radius 3 is 2.91 bits per heavy atom. The molecule has 1 amide bonds. The summed E-state index contributed by atoms with van der Waals surface area (Å²) in [5, 5.41) is 0. The van der Waals surface area contributed by atoms with Crippen LogP contribution in [0.5, 0.6) is 5.75 Å². The van der Waals surface area contributed by atoms with E-state index in [0.717, 1.165) is 30.4 Å². The van der Waals surface area contributed by atoms with Crippen LogP contribution in [-0.4, -0.2) is 51.7 Å². The monoisotopic (exact) mass is 338 g/mol. The van der Waals surface area contributed by atoms with Crippen molar-refractivity contribution < 1.29 is 17.9 Å². The second kappa shape index (κ2) is 7.61. The van der Waals surface area contributed by atoms with E-state index < -0.39 is 10.0 Å². The van der Waals surface area contributed by atoms with Gasteiger partial charge in [0.25, 0.3) is 0 Å². The number of methoxy groups -OCH3 is 1. The third-order valence-electron chi connectivity index (χ3n) is 3.63. The van der Waals surface area contributed by atoms with Crippen LogP contribution in [0.15, 0.2) is 30.3 Å². The van der Waals surface area contributed by atoms with Crippen LogP contribution < -0.4 is 9.46 Å². The van der Waals surface area contributed by atoms with Crippen molar-refractivity contribution in [2.75, 3.05) is 26.5 Å². The first kappa shape index (κ1) is 17.5. The van der Waals surface area contributed by atoms with Crippen molar-refractivity contribution in [3.63, 3.8) is 0 Å². The number of hydrogen-bond acceptors (Lipinski definition) is 4. The summed E-state index contributed by atoms with van der Waals surface area (Å²) in [4.78, 5) is 13.9. The number of carbonyl (C=O) groups is 1. The van der Waals surface area contributed by atoms with Gasteiger partial charge in [-0.3, -0.25) is 4.79 Å². The number of nitrogens with zero attached hydrogens (tertiary/aromatic N) is 1. The lowest BCUT2D eigenvalue weighted by Gasteiger charge is -2.32. The topological polar surface area (TPSA) is 75.7 Å². The molecule has 1 aromatic rings. The summed E-state index contributed by atoms with van der Waals surface area (Å²) >= 11 is 0. The first-order chi connectivity index (χ1) is 10.9. The molecule has 1 aliphatic heterocycles. The molecule has 1 heterocycles. The summed E-state index contributed by atoms with van der Waals surface area (Å²) < 4.78 is 30.3. The Hall–Kier alpha value is -1.86. The summed E-state index contributed by atoms with van der Waals surface area (Å²) in [7, 11) is -1.66. The minimum atomic E-state index is -3.26. The van der Waals surface area contributed by atoms with Crippen molar-refractivity contribution >= 4 is 22.0 Å². The molecule has 23 heavy (non-hydrogen) atoms. The normalized spacial score (nSPS) is 19.0. The van der Waals surface area contributed by atoms with E-state index in [0.29, 0.717) is 13.1 Å². The molecule has 0 aliphatic carbocycles. The van der Waals surface area contributed by atoms with Crippen molar-refractivity contribution in [2.45, 2.75) is 18.9 Å². The second-order valence-corrected chi connectivity index (χ2v) is 7.40. The van der Waals surface area contributed by atoms with Crippen LogP contribution in [0.3, 0.4) is 0 Å². The number of carbonyl (C=O) groups excluding carboxylic acids is 1. The molecule has 1 N–H and O–H groups in total. The van der Waals surface area contributed by atoms with Gasteiger partial charge in [-0.2, -0.15) is 0 Å². The zero-order valence-electron chi connectivity index (χ0n) is 13.4. The Bertz CT molecular complexity index is 685. The molecule has 126 valence electrons. The predicted molar refractivity (Wildman–Crippen MR) is 89.6 cm³/mol. The average Bonchev–Trinajstić information content (AvgIpc) is 2.51. The maximum absolute atomic E-state index is 12.3. The lowest BCUT2D eigenvalue weighted by molar-refractivity contribution is -0.127. The Labute approximate surface area is 137 Å². The fraction of sp³-hybridized carbons (Fsp3) is 0.438. The number of piperidine rings is 1. The second-order valence-electron chi connectivity index (χ2n) is 5.62. The first-order valence-electron chi connectivity index (χ1n) is 7.46. The summed E-state index contributed by atoms with van der Waals surface area (Å²) in [5.41, 5.74) is 0.875. The van der Waals surface area contributed by atoms with Crippen LogP contribution in [-0.2, 0) is 14.8 Å². The maximum atomic E-state index is 12.3. The average molecular weight is 338 g/mol. The molecule has 7 heteroatoms. The molecule has 1 saturated heterocycles. The van der Waals surface area contributed by atoms with Crippen molar-refractivity contribution in [1.82, 2.24) is 9.62 Å². The van der Waals surface area contributed by atoms with Crippen molar-refractivity contribution in [2.24, 2.45) is 0 Å². The standard InChI is InChI=1S/C16H22N2O4S/c1-22-15-7-3-5-13(11-15)8-9-16(19)18-10-4-6-14(12-18)17-23(2,20)21/h3,5,7-9,11,14,17H,4,6,10,12H2,1-2H3/b9-8-/t14-/m0/s1. The van der Waals surface area contributed by atoms with Crippen LogP contribution in [0, 0.1) is 0 Å². The lowest BCUT2D eigenvalue weighted by Crippen LogP contribution is -2.48. The minimum Gasteiger partial charge on any atom is -0.497 e. The molecule has 0 spiro atoms. The number of likely N-dealkylation sites (tertiary alicyclic amines) is 1. The molecule has 1 aromatic carbocycles. The highest BCUT2D eigenvalue weighted by Crippen LogP contribution is 2.15. The predicted octanol–water partition coefficient (Wildman–Crippen LogP) is 1.25. The summed E-state index contributed by atoms with van der Waals surface area (Å²) in [6.45, 7) is 1.04. The molecule has 1 atom stereocenters. The van der Waals surface area contributed by atoms with E-state index in [9.17, 15) is 13.2 Å². The van der Waals surface area contributed by atoms with Crippen LogP contribution in [0.25, 0.3) is 6.08 Å². The van der Waals surface area contributed by atoms with Gasteiger partial charge in [-0.1, -0.05) is 12.1 Å². The highest BCUT2D eigenvalue weighted by Gasteiger charge is 2.24. The Morgan fingerprint density at radius 2 is 2.22 bits per heavy atom. The van der Waals surface area contributed by atoms with E-state index in [4.69, 9.17) is 4.74 Å². The lowest BCUT2D eigenvalue weighted by atomic mass is 10.1. The molecule has 0 bridgehead atoms. The number of amides is 1. The molecule has 0 radical (unpaired) electrons. The maximum Gasteiger partial charge on any atom is 0.246 e. The number of sulfonamides is 1. The molecule has 1 fully saturated rings. The number of nitrogens with one attached hydrogen (secondary N) is 1. The largest absolute Gasteiger partial charge is 0.497 e. The molecule has 0 aromatic heterocycles. The van der Waals surface area contributed by atoms with Gasteiger partial charge < -0.3 is 9.64 Å². The van der Waals surface area contributed by atoms with Gasteiger partial charge in [0.2, 0.25) is 15.9 Å². The Balaban J connectivity index is 1.98. The van der Waals surface area contributed by atoms with Gasteiger partial charge in [-0.05, 0) is 36.6 Å². The molecular weight excluding hydrogens is 316 g/mol. The molecule has 6 nitrogen and oxygen atoms in total. The van der Waals surface area contributed by atoms with Gasteiger partial charge >= 0.3 is 0 Å². The van der Waals surface area contributed by atoms with Crippen molar-refractivity contribution in [1.29, 1.82) is 0 Å². The molecule has 1 aliphatic rings. The van der Waals surface area contributed by atoms with Crippen LogP contribution in [0.2, 0.25) is 0 Å². The van der Waals surface area contributed by atoms with Crippen LogP contribution in [0.1, 0.15) is 18.4 Å². The van der Waals surface area contributed by atoms with Crippen molar-refractivity contribution in [3.05, 3.63) is 35.9 Å². The summed E-state index contributed by atoms with van der Waals surface area (Å²) in [5.74, 6) is 0.614. The third kappa shape index (κ3) is 5.69. The van der Waals surface area contributed by atoms with E-state index in [1.165, 1.54) is 6.08 Å². The highest BCUT2D eigenvalue weighted by atomic mass is 32.2. The molecular formula is C16H22N2O4S. The van der Waals surface area contributed by atoms with E-state index >= 15 is 0 Å². The zero-order chi connectivity index (χ0) is 16.9. The number of benzene rings is 1. The van der Waals surface area contributed by atoms with E-state index in [-0.39, 0.29) is 11.9 Å². The Morgan fingerprint density at radius 1 is 1.43 bits per heavy atom. The Kier molecular flexibility index (Phi) is 5.79. The SMILES string of the molecule is COc1cccc(/C=C\C(=O)N2CCC[C@H](NS(C)(=O)=O)C2)c1. The minimum absolute atomic E-state index is 0.118.